The maximum atomic E-state index is 13.7. The van der Waals surface area contributed by atoms with E-state index in [0.717, 1.165) is 18.9 Å². The van der Waals surface area contributed by atoms with Crippen LogP contribution >= 0.6 is 0 Å². The third-order valence-electron chi connectivity index (χ3n) is 3.30. The Morgan fingerprint density at radius 3 is 2.72 bits per heavy atom. The summed E-state index contributed by atoms with van der Waals surface area (Å²) in [6.07, 6.45) is 1.24. The summed E-state index contributed by atoms with van der Waals surface area (Å²) in [5, 5.41) is 19.7. The lowest BCUT2D eigenvalue weighted by Gasteiger charge is -2.35. The van der Waals surface area contributed by atoms with Crippen molar-refractivity contribution in [2.45, 2.75) is 18.9 Å². The van der Waals surface area contributed by atoms with Crippen LogP contribution in [0.15, 0.2) is 18.2 Å². The quantitative estimate of drug-likeness (QED) is 0.658. The lowest BCUT2D eigenvalue weighted by atomic mass is 9.82. The van der Waals surface area contributed by atoms with Gasteiger partial charge < -0.3 is 10.0 Å². The molecule has 1 aromatic rings. The van der Waals surface area contributed by atoms with Crippen LogP contribution in [-0.2, 0) is 0 Å². The molecule has 0 spiro atoms. The van der Waals surface area contributed by atoms with Crippen molar-refractivity contribution in [2.24, 2.45) is 5.92 Å². The average molecular weight is 254 g/mol. The molecule has 98 valence electrons. The Morgan fingerprint density at radius 1 is 1.56 bits per heavy atom. The Balaban J connectivity index is 2.05. The van der Waals surface area contributed by atoms with Crippen molar-refractivity contribution in [3.8, 4) is 0 Å². The highest BCUT2D eigenvalue weighted by Crippen LogP contribution is 2.30. The van der Waals surface area contributed by atoms with Gasteiger partial charge in [0.2, 0.25) is 0 Å². The smallest absolute Gasteiger partial charge is 0.272 e. The van der Waals surface area contributed by atoms with Crippen molar-refractivity contribution in [1.82, 2.24) is 0 Å². The lowest BCUT2D eigenvalue weighted by molar-refractivity contribution is -0.385. The molecule has 0 bridgehead atoms. The van der Waals surface area contributed by atoms with Crippen LogP contribution in [0.3, 0.4) is 0 Å². The number of aliphatic hydroxyl groups excluding tert-OH is 1. The average Bonchev–Trinajstić information content (AvgIpc) is 2.26. The number of non-ortho nitro benzene ring substituents is 1. The van der Waals surface area contributed by atoms with Crippen molar-refractivity contribution in [3.05, 3.63) is 34.1 Å². The van der Waals surface area contributed by atoms with E-state index in [2.05, 4.69) is 0 Å². The molecule has 0 aliphatic heterocycles. The molecule has 18 heavy (non-hydrogen) atoms. The highest BCUT2D eigenvalue weighted by Gasteiger charge is 2.28. The molecule has 1 aliphatic carbocycles. The van der Waals surface area contributed by atoms with E-state index < -0.39 is 10.7 Å². The molecule has 1 aliphatic rings. The van der Waals surface area contributed by atoms with E-state index in [1.165, 1.54) is 12.1 Å². The minimum atomic E-state index is -0.616. The van der Waals surface area contributed by atoms with Crippen LogP contribution in [0.25, 0.3) is 0 Å². The number of anilines is 1. The number of nitro benzene ring substituents is 1. The molecule has 0 unspecified atom stereocenters. The minimum Gasteiger partial charge on any atom is -0.393 e. The lowest BCUT2D eigenvalue weighted by Crippen LogP contribution is -2.37. The normalized spacial score (nSPS) is 22.4. The number of halogens is 1. The van der Waals surface area contributed by atoms with Crippen LogP contribution in [0.4, 0.5) is 15.8 Å². The van der Waals surface area contributed by atoms with Gasteiger partial charge in [-0.1, -0.05) is 0 Å². The van der Waals surface area contributed by atoms with Gasteiger partial charge in [0.05, 0.1) is 22.8 Å². The fourth-order valence-corrected chi connectivity index (χ4v) is 2.25. The molecule has 1 N–H and O–H groups in total. The Bertz CT molecular complexity index is 461. The number of nitrogens with zero attached hydrogens (tertiary/aromatic N) is 2. The Hall–Kier alpha value is -1.69. The highest BCUT2D eigenvalue weighted by molar-refractivity contribution is 5.51. The fraction of sp³-hybridized carbons (Fsp3) is 0.500. The first-order valence-corrected chi connectivity index (χ1v) is 5.80. The van der Waals surface area contributed by atoms with E-state index >= 15 is 0 Å². The summed E-state index contributed by atoms with van der Waals surface area (Å²) in [5.41, 5.74) is 0.103. The van der Waals surface area contributed by atoms with Crippen molar-refractivity contribution < 1.29 is 14.4 Å². The van der Waals surface area contributed by atoms with Gasteiger partial charge in [0.15, 0.2) is 5.82 Å². The first kappa shape index (κ1) is 12.8. The second kappa shape index (κ2) is 4.89. The van der Waals surface area contributed by atoms with E-state index in [9.17, 15) is 19.6 Å². The first-order chi connectivity index (χ1) is 8.47. The van der Waals surface area contributed by atoms with E-state index in [1.54, 1.807) is 11.9 Å². The number of nitro groups is 1. The van der Waals surface area contributed by atoms with E-state index in [4.69, 9.17) is 0 Å². The second-order valence-corrected chi connectivity index (χ2v) is 4.76. The Morgan fingerprint density at radius 2 is 2.22 bits per heavy atom. The van der Waals surface area contributed by atoms with Gasteiger partial charge in [0, 0.05) is 19.7 Å². The summed E-state index contributed by atoms with van der Waals surface area (Å²) in [5.74, 6) is -0.230. The van der Waals surface area contributed by atoms with Crippen LogP contribution in [0.5, 0.6) is 0 Å². The van der Waals surface area contributed by atoms with Gasteiger partial charge in [-0.3, -0.25) is 10.1 Å². The summed E-state index contributed by atoms with van der Waals surface area (Å²) >= 11 is 0. The van der Waals surface area contributed by atoms with Gasteiger partial charge in [-0.15, -0.1) is 0 Å². The standard InChI is InChI=1S/C12H15FN2O3/c1-14(7-8-4-10(16)5-8)12-3-2-9(15(17)18)6-11(12)13/h2-3,6,8,10,16H,4-5,7H2,1H3. The molecule has 1 aromatic carbocycles. The molecular weight excluding hydrogens is 239 g/mol. The zero-order valence-electron chi connectivity index (χ0n) is 10.0. The third kappa shape index (κ3) is 2.59. The Labute approximate surface area is 104 Å². The predicted molar refractivity (Wildman–Crippen MR) is 65.1 cm³/mol. The number of rotatable bonds is 4. The summed E-state index contributed by atoms with van der Waals surface area (Å²) in [7, 11) is 1.74. The van der Waals surface area contributed by atoms with Crippen molar-refractivity contribution >= 4 is 11.4 Å². The van der Waals surface area contributed by atoms with Gasteiger partial charge in [0.1, 0.15) is 0 Å². The van der Waals surface area contributed by atoms with Crippen LogP contribution in [0, 0.1) is 21.8 Å². The summed E-state index contributed by atoms with van der Waals surface area (Å²) in [6, 6.07) is 3.65. The van der Waals surface area contributed by atoms with Crippen LogP contribution in [0.1, 0.15) is 12.8 Å². The monoisotopic (exact) mass is 254 g/mol. The molecule has 6 heteroatoms. The van der Waals surface area contributed by atoms with Crippen LogP contribution < -0.4 is 4.90 Å². The largest absolute Gasteiger partial charge is 0.393 e. The fourth-order valence-electron chi connectivity index (χ4n) is 2.25. The summed E-state index contributed by atoms with van der Waals surface area (Å²) in [4.78, 5) is 11.6. The second-order valence-electron chi connectivity index (χ2n) is 4.76. The SMILES string of the molecule is CN(CC1CC(O)C1)c1ccc([N+](=O)[O-])cc1F. The Kier molecular flexibility index (Phi) is 3.47. The number of hydrogen-bond acceptors (Lipinski definition) is 4. The molecule has 0 atom stereocenters. The van der Waals surface area contributed by atoms with Gasteiger partial charge in [0.25, 0.3) is 5.69 Å². The zero-order chi connectivity index (χ0) is 13.3. The van der Waals surface area contributed by atoms with Crippen LogP contribution in [-0.4, -0.2) is 29.7 Å². The first-order valence-electron chi connectivity index (χ1n) is 5.80. The van der Waals surface area contributed by atoms with Gasteiger partial charge in [-0.25, -0.2) is 4.39 Å². The number of aliphatic hydroxyl groups is 1. The molecule has 0 heterocycles. The number of hydrogen-bond donors (Lipinski definition) is 1. The molecular formula is C12H15FN2O3. The van der Waals surface area contributed by atoms with Crippen molar-refractivity contribution in [2.75, 3.05) is 18.5 Å². The van der Waals surface area contributed by atoms with Crippen molar-refractivity contribution in [3.63, 3.8) is 0 Å². The molecule has 0 aromatic heterocycles. The molecule has 0 amide bonds. The zero-order valence-corrected chi connectivity index (χ0v) is 10.0. The predicted octanol–water partition coefficient (Wildman–Crippen LogP) is 1.94. The third-order valence-corrected chi connectivity index (χ3v) is 3.30. The van der Waals surface area contributed by atoms with Gasteiger partial charge in [-0.2, -0.15) is 0 Å². The van der Waals surface area contributed by atoms with E-state index in [1.807, 2.05) is 0 Å². The van der Waals surface area contributed by atoms with E-state index in [0.29, 0.717) is 18.2 Å². The van der Waals surface area contributed by atoms with Crippen LogP contribution in [0.2, 0.25) is 0 Å². The molecule has 1 fully saturated rings. The summed E-state index contributed by atoms with van der Waals surface area (Å²) < 4.78 is 13.7. The summed E-state index contributed by atoms with van der Waals surface area (Å²) in [6.45, 7) is 0.645. The van der Waals surface area contributed by atoms with Crippen molar-refractivity contribution in [1.29, 1.82) is 0 Å². The maximum Gasteiger partial charge on any atom is 0.272 e. The van der Waals surface area contributed by atoms with E-state index in [-0.39, 0.29) is 11.8 Å². The minimum absolute atomic E-state index is 0.231. The topological polar surface area (TPSA) is 66.6 Å². The molecule has 0 radical (unpaired) electrons. The van der Waals surface area contributed by atoms with Gasteiger partial charge in [-0.05, 0) is 24.8 Å². The number of benzene rings is 1. The maximum absolute atomic E-state index is 13.7. The van der Waals surface area contributed by atoms with Gasteiger partial charge >= 0.3 is 0 Å². The molecule has 2 rings (SSSR count). The highest BCUT2D eigenvalue weighted by atomic mass is 19.1. The molecule has 0 saturated heterocycles. The molecule has 5 nitrogen and oxygen atoms in total. The molecule has 1 saturated carbocycles.